The minimum atomic E-state index is -1.85. The molecule has 0 fully saturated rings. The van der Waals surface area contributed by atoms with Gasteiger partial charge in [-0.1, -0.05) is 90.5 Å². The SMILES string of the molecule is Cc1ccc(C(O[Si](C)(C)C)(c2ccccc2)c2ccccc2)cc1. The van der Waals surface area contributed by atoms with Gasteiger partial charge < -0.3 is 4.43 Å². The highest BCUT2D eigenvalue weighted by molar-refractivity contribution is 6.69. The molecule has 2 heteroatoms. The van der Waals surface area contributed by atoms with Crippen molar-refractivity contribution in [3.8, 4) is 0 Å². The number of hydrogen-bond acceptors (Lipinski definition) is 1. The maximum Gasteiger partial charge on any atom is 0.185 e. The molecule has 0 heterocycles. The molecule has 3 rings (SSSR count). The quantitative estimate of drug-likeness (QED) is 0.398. The first kappa shape index (κ1) is 17.7. The van der Waals surface area contributed by atoms with E-state index in [1.807, 2.05) is 0 Å². The van der Waals surface area contributed by atoms with Crippen LogP contribution < -0.4 is 0 Å². The average Bonchev–Trinajstić information content (AvgIpc) is 2.61. The fourth-order valence-corrected chi connectivity index (χ4v) is 4.54. The van der Waals surface area contributed by atoms with Gasteiger partial charge in [-0.25, -0.2) is 0 Å². The fraction of sp³-hybridized carbons (Fsp3) is 0.217. The Balaban J connectivity index is 2.33. The van der Waals surface area contributed by atoms with Gasteiger partial charge >= 0.3 is 0 Å². The number of hydrogen-bond donors (Lipinski definition) is 0. The Labute approximate surface area is 152 Å². The molecule has 0 saturated heterocycles. The molecule has 0 saturated carbocycles. The molecule has 0 amide bonds. The van der Waals surface area contributed by atoms with E-state index in [1.54, 1.807) is 0 Å². The van der Waals surface area contributed by atoms with E-state index in [1.165, 1.54) is 22.3 Å². The molecule has 0 aliphatic rings. The summed E-state index contributed by atoms with van der Waals surface area (Å²) in [5, 5.41) is 0. The Bertz CT molecular complexity index is 763. The van der Waals surface area contributed by atoms with Crippen molar-refractivity contribution in [3.05, 3.63) is 107 Å². The number of aryl methyl sites for hydroxylation is 1. The lowest BCUT2D eigenvalue weighted by molar-refractivity contribution is 0.147. The first-order chi connectivity index (χ1) is 11.9. The van der Waals surface area contributed by atoms with Crippen LogP contribution in [-0.4, -0.2) is 8.32 Å². The second-order valence-electron chi connectivity index (χ2n) is 7.49. The maximum atomic E-state index is 6.96. The Morgan fingerprint density at radius 2 is 1.00 bits per heavy atom. The molecule has 0 spiro atoms. The normalized spacial score (nSPS) is 12.2. The fourth-order valence-electron chi connectivity index (χ4n) is 3.27. The van der Waals surface area contributed by atoms with E-state index in [0.29, 0.717) is 0 Å². The molecule has 0 atom stereocenters. The molecule has 128 valence electrons. The van der Waals surface area contributed by atoms with Crippen LogP contribution in [0.25, 0.3) is 0 Å². The van der Waals surface area contributed by atoms with Crippen LogP contribution in [0.3, 0.4) is 0 Å². The van der Waals surface area contributed by atoms with Gasteiger partial charge in [0.05, 0.1) is 0 Å². The summed E-state index contributed by atoms with van der Waals surface area (Å²) < 4.78 is 6.96. The van der Waals surface area contributed by atoms with Crippen molar-refractivity contribution in [3.63, 3.8) is 0 Å². The summed E-state index contributed by atoms with van der Waals surface area (Å²) in [5.41, 5.74) is 4.20. The van der Waals surface area contributed by atoms with Crippen LogP contribution in [0.5, 0.6) is 0 Å². The minimum absolute atomic E-state index is 0.583. The molecule has 3 aromatic rings. The number of benzene rings is 3. The van der Waals surface area contributed by atoms with E-state index in [0.717, 1.165) is 0 Å². The molecule has 0 aliphatic heterocycles. The molecule has 0 aliphatic carbocycles. The summed E-state index contributed by atoms with van der Waals surface area (Å²) in [6.07, 6.45) is 0. The van der Waals surface area contributed by atoms with Crippen molar-refractivity contribution >= 4 is 8.32 Å². The maximum absolute atomic E-state index is 6.96. The summed E-state index contributed by atoms with van der Waals surface area (Å²) in [6.45, 7) is 8.88. The third kappa shape index (κ3) is 3.76. The van der Waals surface area contributed by atoms with Gasteiger partial charge in [0, 0.05) is 0 Å². The van der Waals surface area contributed by atoms with Crippen molar-refractivity contribution in [1.82, 2.24) is 0 Å². The molecule has 0 aromatic heterocycles. The van der Waals surface area contributed by atoms with Crippen molar-refractivity contribution < 1.29 is 4.43 Å². The van der Waals surface area contributed by atoms with Crippen molar-refractivity contribution in [1.29, 1.82) is 0 Å². The van der Waals surface area contributed by atoms with E-state index < -0.39 is 13.9 Å². The van der Waals surface area contributed by atoms with Crippen molar-refractivity contribution in [2.75, 3.05) is 0 Å². The third-order valence-corrected chi connectivity index (χ3v) is 5.20. The van der Waals surface area contributed by atoms with Crippen molar-refractivity contribution in [2.45, 2.75) is 32.2 Å². The van der Waals surface area contributed by atoms with Gasteiger partial charge in [0.25, 0.3) is 0 Å². The lowest BCUT2D eigenvalue weighted by Crippen LogP contribution is -2.42. The predicted octanol–water partition coefficient (Wildman–Crippen LogP) is 6.14. The Morgan fingerprint density at radius 1 is 0.600 bits per heavy atom. The molecule has 3 aromatic carbocycles. The van der Waals surface area contributed by atoms with Gasteiger partial charge in [0.1, 0.15) is 5.60 Å². The Hall–Kier alpha value is -2.16. The van der Waals surface area contributed by atoms with Gasteiger partial charge in [-0.3, -0.25) is 0 Å². The van der Waals surface area contributed by atoms with E-state index in [9.17, 15) is 0 Å². The van der Waals surface area contributed by atoms with Gasteiger partial charge in [-0.15, -0.1) is 0 Å². The first-order valence-corrected chi connectivity index (χ1v) is 12.2. The summed E-state index contributed by atoms with van der Waals surface area (Å²) in [6, 6.07) is 29.9. The molecule has 1 nitrogen and oxygen atoms in total. The van der Waals surface area contributed by atoms with Crippen LogP contribution in [-0.2, 0) is 10.0 Å². The van der Waals surface area contributed by atoms with E-state index >= 15 is 0 Å². The summed E-state index contributed by atoms with van der Waals surface area (Å²) >= 11 is 0. The highest BCUT2D eigenvalue weighted by Crippen LogP contribution is 2.42. The zero-order valence-corrected chi connectivity index (χ0v) is 16.5. The molecular formula is C23H26OSi. The largest absolute Gasteiger partial charge is 0.400 e. The lowest BCUT2D eigenvalue weighted by Gasteiger charge is -2.41. The Morgan fingerprint density at radius 3 is 1.40 bits per heavy atom. The highest BCUT2D eigenvalue weighted by atomic mass is 28.4. The van der Waals surface area contributed by atoms with Gasteiger partial charge in [0.2, 0.25) is 0 Å². The predicted molar refractivity (Wildman–Crippen MR) is 108 cm³/mol. The summed E-state index contributed by atoms with van der Waals surface area (Å²) in [5.74, 6) is 0. The summed E-state index contributed by atoms with van der Waals surface area (Å²) in [4.78, 5) is 0. The van der Waals surface area contributed by atoms with E-state index in [-0.39, 0.29) is 0 Å². The second kappa shape index (κ2) is 6.99. The zero-order valence-electron chi connectivity index (χ0n) is 15.5. The zero-order chi connectivity index (χ0) is 17.9. The third-order valence-electron chi connectivity index (χ3n) is 4.28. The van der Waals surface area contributed by atoms with E-state index in [2.05, 4.69) is 111 Å². The van der Waals surface area contributed by atoms with Crippen LogP contribution in [0.2, 0.25) is 19.6 Å². The molecule has 0 radical (unpaired) electrons. The average molecular weight is 347 g/mol. The second-order valence-corrected chi connectivity index (χ2v) is 11.9. The monoisotopic (exact) mass is 346 g/mol. The van der Waals surface area contributed by atoms with Crippen LogP contribution in [0.15, 0.2) is 84.9 Å². The van der Waals surface area contributed by atoms with Crippen LogP contribution in [0.4, 0.5) is 0 Å². The standard InChI is InChI=1S/C23H26OSi/c1-19-15-17-22(18-16-19)23(24-25(2,3)4,20-11-7-5-8-12-20)21-13-9-6-10-14-21/h5-18H,1-4H3. The first-order valence-electron chi connectivity index (χ1n) is 8.80. The molecule has 0 N–H and O–H groups in total. The molecule has 25 heavy (non-hydrogen) atoms. The highest BCUT2D eigenvalue weighted by Gasteiger charge is 2.41. The topological polar surface area (TPSA) is 9.23 Å². The van der Waals surface area contributed by atoms with Gasteiger partial charge in [-0.05, 0) is 43.3 Å². The molecule has 0 bridgehead atoms. The van der Waals surface area contributed by atoms with E-state index in [4.69, 9.17) is 4.43 Å². The Kier molecular flexibility index (Phi) is 4.93. The lowest BCUT2D eigenvalue weighted by atomic mass is 9.80. The van der Waals surface area contributed by atoms with Gasteiger partial charge in [-0.2, -0.15) is 0 Å². The minimum Gasteiger partial charge on any atom is -0.400 e. The van der Waals surface area contributed by atoms with Crippen LogP contribution in [0, 0.1) is 6.92 Å². The van der Waals surface area contributed by atoms with Crippen molar-refractivity contribution in [2.24, 2.45) is 0 Å². The van der Waals surface area contributed by atoms with Crippen LogP contribution >= 0.6 is 0 Å². The smallest absolute Gasteiger partial charge is 0.185 e. The number of rotatable bonds is 5. The molecule has 0 unspecified atom stereocenters. The van der Waals surface area contributed by atoms with Gasteiger partial charge in [0.15, 0.2) is 8.32 Å². The molecular weight excluding hydrogens is 320 g/mol. The summed E-state index contributed by atoms with van der Waals surface area (Å²) in [7, 11) is -1.85. The van der Waals surface area contributed by atoms with Crippen LogP contribution in [0.1, 0.15) is 22.3 Å².